The van der Waals surface area contributed by atoms with Gasteiger partial charge in [0.2, 0.25) is 10.0 Å². The number of sulfonamides is 1. The van der Waals surface area contributed by atoms with E-state index in [9.17, 15) is 8.42 Å². The Morgan fingerprint density at radius 2 is 2.00 bits per heavy atom. The van der Waals surface area contributed by atoms with E-state index in [0.717, 1.165) is 36.2 Å². The standard InChI is InChI=1S/C18H25N3O3S/c1-2-3-8-21-17-7-6-15(13-16(17)19-18(21)14-4-5-14)25(22,23)20-9-11-24-12-10-20/h6-7,13-14H,2-5,8-12H2,1H3. The summed E-state index contributed by atoms with van der Waals surface area (Å²) in [5.74, 6) is 1.67. The monoisotopic (exact) mass is 363 g/mol. The van der Waals surface area contributed by atoms with Crippen molar-refractivity contribution < 1.29 is 13.2 Å². The van der Waals surface area contributed by atoms with Crippen LogP contribution in [-0.2, 0) is 21.3 Å². The summed E-state index contributed by atoms with van der Waals surface area (Å²) in [5, 5.41) is 0. The van der Waals surface area contributed by atoms with Gasteiger partial charge in [-0.3, -0.25) is 0 Å². The molecule has 1 saturated carbocycles. The van der Waals surface area contributed by atoms with Gasteiger partial charge in [-0.1, -0.05) is 13.3 Å². The summed E-state index contributed by atoms with van der Waals surface area (Å²) in [6, 6.07) is 5.40. The molecular formula is C18H25N3O3S. The molecule has 0 amide bonds. The molecule has 7 heteroatoms. The van der Waals surface area contributed by atoms with E-state index in [1.165, 1.54) is 17.1 Å². The molecule has 136 valence electrons. The van der Waals surface area contributed by atoms with Crippen molar-refractivity contribution in [2.45, 2.75) is 50.0 Å². The number of ether oxygens (including phenoxy) is 1. The molecule has 2 aromatic rings. The molecule has 0 unspecified atom stereocenters. The van der Waals surface area contributed by atoms with Crippen LogP contribution in [0.3, 0.4) is 0 Å². The van der Waals surface area contributed by atoms with Gasteiger partial charge >= 0.3 is 0 Å². The van der Waals surface area contributed by atoms with E-state index in [1.807, 2.05) is 6.07 Å². The van der Waals surface area contributed by atoms with E-state index in [2.05, 4.69) is 11.5 Å². The Hall–Kier alpha value is -1.44. The maximum Gasteiger partial charge on any atom is 0.243 e. The lowest BCUT2D eigenvalue weighted by atomic mass is 10.3. The molecule has 1 aromatic heterocycles. The maximum absolute atomic E-state index is 12.9. The molecule has 0 bridgehead atoms. The Labute approximate surface area is 148 Å². The van der Waals surface area contributed by atoms with Crippen LogP contribution in [0.25, 0.3) is 11.0 Å². The molecule has 0 atom stereocenters. The Morgan fingerprint density at radius 3 is 2.68 bits per heavy atom. The molecule has 0 radical (unpaired) electrons. The first-order valence-electron chi connectivity index (χ1n) is 9.19. The Balaban J connectivity index is 1.72. The summed E-state index contributed by atoms with van der Waals surface area (Å²) in [6.07, 6.45) is 4.62. The van der Waals surface area contributed by atoms with E-state index in [1.54, 1.807) is 12.1 Å². The first-order chi connectivity index (χ1) is 12.1. The predicted molar refractivity (Wildman–Crippen MR) is 96.2 cm³/mol. The fourth-order valence-electron chi connectivity index (χ4n) is 3.43. The van der Waals surface area contributed by atoms with Crippen LogP contribution in [0.1, 0.15) is 44.3 Å². The Kier molecular flexibility index (Phi) is 4.56. The molecule has 4 rings (SSSR count). The molecule has 6 nitrogen and oxygen atoms in total. The number of aryl methyl sites for hydroxylation is 1. The minimum absolute atomic E-state index is 0.337. The molecule has 0 N–H and O–H groups in total. The van der Waals surface area contributed by atoms with Crippen molar-refractivity contribution in [3.8, 4) is 0 Å². The smallest absolute Gasteiger partial charge is 0.243 e. The van der Waals surface area contributed by atoms with Gasteiger partial charge in [-0.05, 0) is 37.5 Å². The highest BCUT2D eigenvalue weighted by atomic mass is 32.2. The third-order valence-corrected chi connectivity index (χ3v) is 6.93. The highest BCUT2D eigenvalue weighted by Crippen LogP contribution is 2.41. The van der Waals surface area contributed by atoms with E-state index in [-0.39, 0.29) is 0 Å². The predicted octanol–water partition coefficient (Wildman–Crippen LogP) is 2.73. The minimum Gasteiger partial charge on any atom is -0.379 e. The summed E-state index contributed by atoms with van der Waals surface area (Å²) in [5.41, 5.74) is 1.85. The molecule has 2 aliphatic rings. The van der Waals surface area contributed by atoms with Gasteiger partial charge < -0.3 is 9.30 Å². The number of morpholine rings is 1. The Bertz CT molecular complexity index is 865. The van der Waals surface area contributed by atoms with Crippen LogP contribution in [0, 0.1) is 0 Å². The van der Waals surface area contributed by atoms with Crippen molar-refractivity contribution in [1.29, 1.82) is 0 Å². The third kappa shape index (κ3) is 3.20. The van der Waals surface area contributed by atoms with E-state index >= 15 is 0 Å². The van der Waals surface area contributed by atoms with Gasteiger partial charge in [0.1, 0.15) is 5.82 Å². The van der Waals surface area contributed by atoms with E-state index in [0.29, 0.717) is 37.1 Å². The number of hydrogen-bond donors (Lipinski definition) is 0. The molecule has 0 spiro atoms. The highest BCUT2D eigenvalue weighted by molar-refractivity contribution is 7.89. The van der Waals surface area contributed by atoms with Crippen LogP contribution in [0.2, 0.25) is 0 Å². The van der Waals surface area contributed by atoms with Gasteiger partial charge in [0.15, 0.2) is 0 Å². The normalized spacial score (nSPS) is 19.6. The molecule has 25 heavy (non-hydrogen) atoms. The van der Waals surface area contributed by atoms with Crippen LogP contribution in [-0.4, -0.2) is 48.6 Å². The van der Waals surface area contributed by atoms with Crippen LogP contribution < -0.4 is 0 Å². The zero-order valence-electron chi connectivity index (χ0n) is 14.6. The molecule has 1 aliphatic heterocycles. The highest BCUT2D eigenvalue weighted by Gasteiger charge is 2.31. The number of hydrogen-bond acceptors (Lipinski definition) is 4. The summed E-state index contributed by atoms with van der Waals surface area (Å²) in [6.45, 7) is 4.88. The molecule has 1 saturated heterocycles. The number of rotatable bonds is 6. The second-order valence-corrected chi connectivity index (χ2v) is 8.85. The lowest BCUT2D eigenvalue weighted by Gasteiger charge is -2.26. The third-order valence-electron chi connectivity index (χ3n) is 5.03. The lowest BCUT2D eigenvalue weighted by Crippen LogP contribution is -2.40. The molecule has 2 heterocycles. The number of aromatic nitrogens is 2. The van der Waals surface area contributed by atoms with Gasteiger partial charge in [0.25, 0.3) is 0 Å². The van der Waals surface area contributed by atoms with Crippen molar-refractivity contribution in [3.05, 3.63) is 24.0 Å². The second-order valence-electron chi connectivity index (χ2n) is 6.92. The zero-order valence-corrected chi connectivity index (χ0v) is 15.5. The fourth-order valence-corrected chi connectivity index (χ4v) is 4.86. The van der Waals surface area contributed by atoms with Crippen LogP contribution in [0.5, 0.6) is 0 Å². The van der Waals surface area contributed by atoms with Crippen molar-refractivity contribution in [3.63, 3.8) is 0 Å². The number of benzene rings is 1. The molecule has 2 fully saturated rings. The SMILES string of the molecule is CCCCn1c(C2CC2)nc2cc(S(=O)(=O)N3CCOCC3)ccc21. The van der Waals surface area contributed by atoms with Crippen molar-refractivity contribution in [1.82, 2.24) is 13.9 Å². The average Bonchev–Trinajstić information content (AvgIpc) is 3.42. The zero-order chi connectivity index (χ0) is 17.4. The quantitative estimate of drug-likeness (QED) is 0.792. The largest absolute Gasteiger partial charge is 0.379 e. The molecule has 1 aliphatic carbocycles. The number of fused-ring (bicyclic) bond motifs is 1. The number of imidazole rings is 1. The van der Waals surface area contributed by atoms with Gasteiger partial charge in [0, 0.05) is 25.6 Å². The van der Waals surface area contributed by atoms with Crippen molar-refractivity contribution in [2.75, 3.05) is 26.3 Å². The van der Waals surface area contributed by atoms with Gasteiger partial charge in [0.05, 0.1) is 29.1 Å². The molecular weight excluding hydrogens is 338 g/mol. The second kappa shape index (κ2) is 6.70. The van der Waals surface area contributed by atoms with Gasteiger partial charge in [-0.25, -0.2) is 13.4 Å². The topological polar surface area (TPSA) is 64.4 Å². The van der Waals surface area contributed by atoms with Gasteiger partial charge in [-0.15, -0.1) is 0 Å². The Morgan fingerprint density at radius 1 is 1.24 bits per heavy atom. The van der Waals surface area contributed by atoms with E-state index < -0.39 is 10.0 Å². The van der Waals surface area contributed by atoms with Crippen molar-refractivity contribution in [2.24, 2.45) is 0 Å². The van der Waals surface area contributed by atoms with Crippen LogP contribution >= 0.6 is 0 Å². The average molecular weight is 363 g/mol. The summed E-state index contributed by atoms with van der Waals surface area (Å²) < 4.78 is 34.8. The summed E-state index contributed by atoms with van der Waals surface area (Å²) in [7, 11) is -3.47. The first kappa shape index (κ1) is 17.0. The number of unbranched alkanes of at least 4 members (excludes halogenated alkanes) is 1. The maximum atomic E-state index is 12.9. The van der Waals surface area contributed by atoms with E-state index in [4.69, 9.17) is 9.72 Å². The minimum atomic E-state index is -3.47. The fraction of sp³-hybridized carbons (Fsp3) is 0.611. The van der Waals surface area contributed by atoms with Crippen LogP contribution in [0.15, 0.2) is 23.1 Å². The van der Waals surface area contributed by atoms with Crippen LogP contribution in [0.4, 0.5) is 0 Å². The lowest BCUT2D eigenvalue weighted by molar-refractivity contribution is 0.0730. The summed E-state index contributed by atoms with van der Waals surface area (Å²) >= 11 is 0. The van der Waals surface area contributed by atoms with Crippen molar-refractivity contribution >= 4 is 21.1 Å². The number of nitrogens with zero attached hydrogens (tertiary/aromatic N) is 3. The first-order valence-corrected chi connectivity index (χ1v) is 10.6. The molecule has 1 aromatic carbocycles. The van der Waals surface area contributed by atoms with Gasteiger partial charge in [-0.2, -0.15) is 4.31 Å². The summed E-state index contributed by atoms with van der Waals surface area (Å²) in [4.78, 5) is 5.14.